The molecule has 2 bridgehead atoms. The molecule has 3 N–H and O–H groups in total. The molecule has 3 rings (SSSR count). The average Bonchev–Trinajstić information content (AvgIpc) is 2.71. The third kappa shape index (κ3) is 0.842. The van der Waals surface area contributed by atoms with Crippen LogP contribution < -0.4 is 5.73 Å². The Morgan fingerprint density at radius 1 is 1.36 bits per heavy atom. The van der Waals surface area contributed by atoms with E-state index < -0.39 is 11.5 Å². The summed E-state index contributed by atoms with van der Waals surface area (Å²) < 4.78 is 0. The van der Waals surface area contributed by atoms with Crippen LogP contribution in [0.25, 0.3) is 0 Å². The van der Waals surface area contributed by atoms with E-state index in [1.807, 2.05) is 0 Å². The zero-order valence-corrected chi connectivity index (χ0v) is 8.28. The van der Waals surface area contributed by atoms with Gasteiger partial charge < -0.3 is 10.8 Å². The molecule has 0 spiro atoms. The smallest absolute Gasteiger partial charge is 0.323 e. The molecular weight excluding hydrogens is 178 g/mol. The van der Waals surface area contributed by atoms with Gasteiger partial charge in [0.25, 0.3) is 0 Å². The van der Waals surface area contributed by atoms with Crippen LogP contribution in [0.1, 0.15) is 32.1 Å². The van der Waals surface area contributed by atoms with Crippen LogP contribution in [0.5, 0.6) is 0 Å². The van der Waals surface area contributed by atoms with E-state index in [-0.39, 0.29) is 5.92 Å². The van der Waals surface area contributed by atoms with Crippen molar-refractivity contribution in [1.82, 2.24) is 0 Å². The van der Waals surface area contributed by atoms with E-state index in [4.69, 9.17) is 5.73 Å². The molecule has 0 saturated heterocycles. The van der Waals surface area contributed by atoms with Crippen LogP contribution in [0, 0.1) is 23.7 Å². The van der Waals surface area contributed by atoms with E-state index in [0.717, 1.165) is 18.8 Å². The number of hydrogen-bond donors (Lipinski definition) is 2. The van der Waals surface area contributed by atoms with Gasteiger partial charge in [0.2, 0.25) is 0 Å². The van der Waals surface area contributed by atoms with E-state index in [9.17, 15) is 9.90 Å². The standard InChI is InChI=1S/C11H17NO2/c12-11(10(13)14)5-6-4-9(11)8-3-1-2-7(6)8/h6-9H,1-5,12H2,(H,13,14)/t6-,7+,8+,9+,11-/m1/s1. The lowest BCUT2D eigenvalue weighted by Crippen LogP contribution is -2.55. The van der Waals surface area contributed by atoms with Gasteiger partial charge in [-0.3, -0.25) is 4.79 Å². The maximum absolute atomic E-state index is 11.2. The molecule has 3 aliphatic rings. The monoisotopic (exact) mass is 195 g/mol. The molecule has 3 nitrogen and oxygen atoms in total. The maximum Gasteiger partial charge on any atom is 0.323 e. The molecule has 0 heterocycles. The first-order valence-corrected chi connectivity index (χ1v) is 5.65. The van der Waals surface area contributed by atoms with E-state index in [1.54, 1.807) is 0 Å². The first kappa shape index (κ1) is 8.72. The number of hydrogen-bond acceptors (Lipinski definition) is 2. The second-order valence-electron chi connectivity index (χ2n) is 5.41. The van der Waals surface area contributed by atoms with Gasteiger partial charge in [0.1, 0.15) is 5.54 Å². The van der Waals surface area contributed by atoms with Crippen LogP contribution in [0.2, 0.25) is 0 Å². The summed E-state index contributed by atoms with van der Waals surface area (Å²) in [6.45, 7) is 0. The number of carboxylic acid groups (broad SMARTS) is 1. The summed E-state index contributed by atoms with van der Waals surface area (Å²) in [6, 6.07) is 0. The van der Waals surface area contributed by atoms with Crippen LogP contribution in [-0.4, -0.2) is 16.6 Å². The highest BCUT2D eigenvalue weighted by molar-refractivity contribution is 5.80. The Labute approximate surface area is 83.7 Å². The zero-order chi connectivity index (χ0) is 9.92. The number of nitrogens with two attached hydrogens (primary N) is 1. The number of carbonyl (C=O) groups is 1. The van der Waals surface area contributed by atoms with Crippen LogP contribution in [0.3, 0.4) is 0 Å². The van der Waals surface area contributed by atoms with Crippen molar-refractivity contribution >= 4 is 5.97 Å². The quantitative estimate of drug-likeness (QED) is 0.661. The minimum atomic E-state index is -0.879. The first-order chi connectivity index (χ1) is 6.63. The minimum absolute atomic E-state index is 0.275. The second kappa shape index (κ2) is 2.51. The number of carboxylic acids is 1. The van der Waals surface area contributed by atoms with Crippen molar-refractivity contribution in [3.05, 3.63) is 0 Å². The molecule has 3 saturated carbocycles. The van der Waals surface area contributed by atoms with E-state index in [0.29, 0.717) is 11.8 Å². The number of aliphatic carboxylic acids is 1. The summed E-state index contributed by atoms with van der Waals surface area (Å²) in [5, 5.41) is 9.19. The Balaban J connectivity index is 1.93. The van der Waals surface area contributed by atoms with E-state index >= 15 is 0 Å². The van der Waals surface area contributed by atoms with Crippen LogP contribution in [0.4, 0.5) is 0 Å². The van der Waals surface area contributed by atoms with Crippen molar-refractivity contribution in [2.24, 2.45) is 29.4 Å². The van der Waals surface area contributed by atoms with Gasteiger partial charge in [-0.25, -0.2) is 0 Å². The molecule has 0 radical (unpaired) electrons. The summed E-state index contributed by atoms with van der Waals surface area (Å²) in [5.41, 5.74) is 5.16. The molecule has 3 heteroatoms. The van der Waals surface area contributed by atoms with Gasteiger partial charge >= 0.3 is 5.97 Å². The zero-order valence-electron chi connectivity index (χ0n) is 8.28. The largest absolute Gasteiger partial charge is 0.480 e. The average molecular weight is 195 g/mol. The molecule has 3 aliphatic carbocycles. The Hall–Kier alpha value is -0.570. The van der Waals surface area contributed by atoms with Gasteiger partial charge in [0.15, 0.2) is 0 Å². The molecule has 78 valence electrons. The normalized spacial score (nSPS) is 54.9. The summed E-state index contributed by atoms with van der Waals surface area (Å²) in [5.74, 6) is 1.58. The molecule has 3 fully saturated rings. The van der Waals surface area contributed by atoms with Crippen molar-refractivity contribution in [1.29, 1.82) is 0 Å². The highest BCUT2D eigenvalue weighted by Crippen LogP contribution is 2.61. The highest BCUT2D eigenvalue weighted by Gasteiger charge is 2.62. The molecule has 0 unspecified atom stereocenters. The first-order valence-electron chi connectivity index (χ1n) is 5.65. The summed E-state index contributed by atoms with van der Waals surface area (Å²) in [6.07, 6.45) is 5.64. The lowest BCUT2D eigenvalue weighted by atomic mass is 9.71. The lowest BCUT2D eigenvalue weighted by molar-refractivity contribution is -0.146. The predicted molar refractivity (Wildman–Crippen MR) is 51.6 cm³/mol. The van der Waals surface area contributed by atoms with Gasteiger partial charge in [-0.15, -0.1) is 0 Å². The Kier molecular flexibility index (Phi) is 1.56. The Morgan fingerprint density at radius 3 is 2.79 bits per heavy atom. The Morgan fingerprint density at radius 2 is 2.07 bits per heavy atom. The molecule has 0 amide bonds. The van der Waals surface area contributed by atoms with Gasteiger partial charge in [-0.1, -0.05) is 6.42 Å². The van der Waals surface area contributed by atoms with Crippen molar-refractivity contribution < 1.29 is 9.90 Å². The van der Waals surface area contributed by atoms with Gasteiger partial charge in [-0.05, 0) is 49.4 Å². The third-order valence-electron chi connectivity index (χ3n) is 4.96. The maximum atomic E-state index is 11.2. The van der Waals surface area contributed by atoms with Crippen molar-refractivity contribution in [3.63, 3.8) is 0 Å². The minimum Gasteiger partial charge on any atom is -0.480 e. The summed E-state index contributed by atoms with van der Waals surface area (Å²) in [7, 11) is 0. The fourth-order valence-corrected chi connectivity index (χ4v) is 4.44. The molecule has 0 aromatic carbocycles. The van der Waals surface area contributed by atoms with Gasteiger partial charge in [0, 0.05) is 0 Å². The highest BCUT2D eigenvalue weighted by atomic mass is 16.4. The molecule has 0 aliphatic heterocycles. The van der Waals surface area contributed by atoms with Gasteiger partial charge in [0.05, 0.1) is 0 Å². The Bertz CT molecular complexity index is 291. The number of fused-ring (bicyclic) bond motifs is 5. The van der Waals surface area contributed by atoms with Crippen LogP contribution in [-0.2, 0) is 4.79 Å². The van der Waals surface area contributed by atoms with Crippen LogP contribution in [0.15, 0.2) is 0 Å². The second-order valence-corrected chi connectivity index (χ2v) is 5.41. The molecular formula is C11H17NO2. The third-order valence-corrected chi connectivity index (χ3v) is 4.96. The lowest BCUT2D eigenvalue weighted by Gasteiger charge is -2.36. The summed E-state index contributed by atoms with van der Waals surface area (Å²) in [4.78, 5) is 11.2. The topological polar surface area (TPSA) is 63.3 Å². The van der Waals surface area contributed by atoms with Gasteiger partial charge in [-0.2, -0.15) is 0 Å². The number of rotatable bonds is 1. The van der Waals surface area contributed by atoms with Crippen molar-refractivity contribution in [3.8, 4) is 0 Å². The summed E-state index contributed by atoms with van der Waals surface area (Å²) >= 11 is 0. The molecule has 14 heavy (non-hydrogen) atoms. The van der Waals surface area contributed by atoms with E-state index in [2.05, 4.69) is 0 Å². The molecule has 0 aromatic rings. The molecule has 5 atom stereocenters. The SMILES string of the molecule is N[C@]1(C(=O)O)C[C@H]2C[C@H]1[C@H]1CCC[C@@H]21. The van der Waals surface area contributed by atoms with E-state index in [1.165, 1.54) is 19.3 Å². The van der Waals surface area contributed by atoms with Crippen molar-refractivity contribution in [2.45, 2.75) is 37.6 Å². The van der Waals surface area contributed by atoms with Crippen LogP contribution >= 0.6 is 0 Å². The fourth-order valence-electron chi connectivity index (χ4n) is 4.44. The van der Waals surface area contributed by atoms with Crippen molar-refractivity contribution in [2.75, 3.05) is 0 Å². The molecule has 0 aromatic heterocycles. The fraction of sp³-hybridized carbons (Fsp3) is 0.909. The predicted octanol–water partition coefficient (Wildman–Crippen LogP) is 1.22.